The van der Waals surface area contributed by atoms with E-state index in [-0.39, 0.29) is 18.5 Å². The summed E-state index contributed by atoms with van der Waals surface area (Å²) in [6, 6.07) is -0.834. The second kappa shape index (κ2) is 69.5. The molecule has 1 heterocycles. The highest BCUT2D eigenvalue weighted by molar-refractivity contribution is 5.76. The molecule has 1 aliphatic heterocycles. The monoisotopic (exact) mass is 1290 g/mol. The van der Waals surface area contributed by atoms with Gasteiger partial charge in [-0.15, -0.1) is 0 Å². The lowest BCUT2D eigenvalue weighted by Gasteiger charge is -2.40. The summed E-state index contributed by atoms with van der Waals surface area (Å²) in [5, 5.41) is 54.5. The molecule has 0 bridgehead atoms. The predicted molar refractivity (Wildman–Crippen MR) is 389 cm³/mol. The highest BCUT2D eigenvalue weighted by Crippen LogP contribution is 2.23. The summed E-state index contributed by atoms with van der Waals surface area (Å²) >= 11 is 0. The zero-order chi connectivity index (χ0) is 66.5. The Kier molecular flexibility index (Phi) is 65.8. The standard InChI is InChI=1S/C81H147NO10/c1-3-5-7-9-11-13-15-44-47-51-55-59-63-67-74(84)73(72-91-81-80(89)79(88)78(87)75(71-83)92-81)82-76(85)68-64-60-56-52-48-45-42-40-38-36-34-32-30-28-26-24-22-20-18-17-19-21-23-25-27-29-31-33-35-37-39-41-43-46-50-54-58-62-66-70-90-77(86)69-65-61-57-53-49-16-14-12-10-8-6-4-2/h11-14,17-18,21,23,47,51,63,67,73-75,78-81,83-84,87-89H,3-10,15-16,19-20,22,24-46,48-50,52-62,64-66,68-72H2,1-2H3,(H,82,85)/b13-11+,14-12-,18-17-,23-21-,51-47+,67-63+. The number of allylic oxidation sites excluding steroid dienone is 11. The van der Waals surface area contributed by atoms with Crippen molar-refractivity contribution in [2.24, 2.45) is 0 Å². The zero-order valence-electron chi connectivity index (χ0n) is 59.8. The van der Waals surface area contributed by atoms with E-state index >= 15 is 0 Å². The van der Waals surface area contributed by atoms with Gasteiger partial charge in [-0.1, -0.05) is 311 Å². The third-order valence-corrected chi connectivity index (χ3v) is 18.2. The fourth-order valence-corrected chi connectivity index (χ4v) is 12.1. The summed E-state index contributed by atoms with van der Waals surface area (Å²) in [6.45, 7) is 4.30. The van der Waals surface area contributed by atoms with Gasteiger partial charge in [-0.25, -0.2) is 0 Å². The van der Waals surface area contributed by atoms with E-state index in [0.29, 0.717) is 19.4 Å². The first-order valence-electron chi connectivity index (χ1n) is 39.2. The fraction of sp³-hybridized carbons (Fsp3) is 0.827. The number of ether oxygens (including phenoxy) is 3. The number of hydrogen-bond donors (Lipinski definition) is 6. The van der Waals surface area contributed by atoms with Crippen LogP contribution in [0.4, 0.5) is 0 Å². The second-order valence-corrected chi connectivity index (χ2v) is 27.0. The van der Waals surface area contributed by atoms with Crippen LogP contribution in [-0.2, 0) is 23.8 Å². The molecule has 92 heavy (non-hydrogen) atoms. The minimum atomic E-state index is -1.58. The number of carbonyl (C=O) groups is 2. The molecule has 1 fully saturated rings. The smallest absolute Gasteiger partial charge is 0.305 e. The van der Waals surface area contributed by atoms with Crippen LogP contribution in [-0.4, -0.2) is 100 Å². The van der Waals surface area contributed by atoms with Gasteiger partial charge >= 0.3 is 5.97 Å². The van der Waals surface area contributed by atoms with Gasteiger partial charge in [0, 0.05) is 12.8 Å². The van der Waals surface area contributed by atoms with Crippen LogP contribution in [0.5, 0.6) is 0 Å². The molecule has 1 rings (SSSR count). The van der Waals surface area contributed by atoms with E-state index in [4.69, 9.17) is 14.2 Å². The highest BCUT2D eigenvalue weighted by Gasteiger charge is 2.44. The SMILES string of the molecule is CCCCC/C=C\CCCCCCCC(=O)OCCCCCCCCCCCCCCCCC/C=C\C/C=C\CCCCCCCCCCCCCCCCCCCC(=O)NC(COC1OC(CO)C(O)C(O)C1O)C(O)/C=C/CC/C=C/CC/C=C/CCCCC. The summed E-state index contributed by atoms with van der Waals surface area (Å²) < 4.78 is 16.7. The van der Waals surface area contributed by atoms with Crippen molar-refractivity contribution in [1.29, 1.82) is 0 Å². The minimum Gasteiger partial charge on any atom is -0.466 e. The summed E-state index contributed by atoms with van der Waals surface area (Å²) in [4.78, 5) is 25.1. The number of esters is 1. The average molecular weight is 1300 g/mol. The Balaban J connectivity index is 1.92. The first-order valence-corrected chi connectivity index (χ1v) is 39.2. The number of aliphatic hydroxyl groups is 5. The lowest BCUT2D eigenvalue weighted by molar-refractivity contribution is -0.302. The van der Waals surface area contributed by atoms with Gasteiger partial charge in [0.25, 0.3) is 0 Å². The minimum absolute atomic E-state index is 0.00404. The molecular weight excluding hydrogens is 1150 g/mol. The molecule has 1 aliphatic rings. The van der Waals surface area contributed by atoms with Gasteiger partial charge in [-0.3, -0.25) is 9.59 Å². The summed E-state index contributed by atoms with van der Waals surface area (Å²) in [5.74, 6) is -0.189. The normalized spacial score (nSPS) is 17.9. The number of rotatable bonds is 69. The molecule has 1 amide bonds. The van der Waals surface area contributed by atoms with Crippen molar-refractivity contribution in [3.63, 3.8) is 0 Å². The fourth-order valence-electron chi connectivity index (χ4n) is 12.1. The summed E-state index contributed by atoms with van der Waals surface area (Å²) in [5.41, 5.74) is 0. The number of unbranched alkanes of at least 4 members (excludes halogenated alkanes) is 45. The van der Waals surface area contributed by atoms with Crippen LogP contribution in [0.15, 0.2) is 72.9 Å². The lowest BCUT2D eigenvalue weighted by atomic mass is 9.99. The topological polar surface area (TPSA) is 175 Å². The quantitative estimate of drug-likeness (QED) is 0.0195. The Bertz CT molecular complexity index is 1760. The van der Waals surface area contributed by atoms with Gasteiger partial charge in [0.1, 0.15) is 24.4 Å². The van der Waals surface area contributed by atoms with E-state index < -0.39 is 49.5 Å². The van der Waals surface area contributed by atoms with E-state index in [0.717, 1.165) is 77.0 Å². The molecule has 0 aromatic rings. The van der Waals surface area contributed by atoms with Crippen LogP contribution in [0.25, 0.3) is 0 Å². The van der Waals surface area contributed by atoms with Gasteiger partial charge in [0.15, 0.2) is 6.29 Å². The molecule has 0 aromatic carbocycles. The molecular formula is C81H147NO10. The molecule has 0 aliphatic carbocycles. The highest BCUT2D eigenvalue weighted by atomic mass is 16.7. The number of carbonyl (C=O) groups excluding carboxylic acids is 2. The van der Waals surface area contributed by atoms with Crippen LogP contribution in [0.3, 0.4) is 0 Å². The third-order valence-electron chi connectivity index (χ3n) is 18.2. The molecule has 0 radical (unpaired) electrons. The molecule has 536 valence electrons. The molecule has 11 nitrogen and oxygen atoms in total. The summed E-state index contributed by atoms with van der Waals surface area (Å²) in [6.07, 6.45) is 85.1. The van der Waals surface area contributed by atoms with Gasteiger partial charge < -0.3 is 45.1 Å². The maximum Gasteiger partial charge on any atom is 0.305 e. The predicted octanol–water partition coefficient (Wildman–Crippen LogP) is 21.0. The number of nitrogens with one attached hydrogen (secondary N) is 1. The van der Waals surface area contributed by atoms with Crippen LogP contribution >= 0.6 is 0 Å². The van der Waals surface area contributed by atoms with E-state index in [2.05, 4.69) is 79.9 Å². The molecule has 0 aromatic heterocycles. The van der Waals surface area contributed by atoms with E-state index in [1.165, 1.54) is 263 Å². The Morgan fingerprint density at radius 3 is 1.14 bits per heavy atom. The Morgan fingerprint density at radius 1 is 0.402 bits per heavy atom. The molecule has 1 saturated heterocycles. The lowest BCUT2D eigenvalue weighted by Crippen LogP contribution is -2.60. The van der Waals surface area contributed by atoms with Crippen molar-refractivity contribution in [1.82, 2.24) is 5.32 Å². The molecule has 11 heteroatoms. The molecule has 0 spiro atoms. The largest absolute Gasteiger partial charge is 0.466 e. The Morgan fingerprint density at radius 2 is 0.739 bits per heavy atom. The van der Waals surface area contributed by atoms with Gasteiger partial charge in [-0.05, 0) is 116 Å². The third kappa shape index (κ3) is 57.4. The van der Waals surface area contributed by atoms with Gasteiger partial charge in [0.05, 0.1) is 32.0 Å². The van der Waals surface area contributed by atoms with Crippen LogP contribution in [0.2, 0.25) is 0 Å². The Labute approximate surface area is 566 Å². The van der Waals surface area contributed by atoms with Crippen molar-refractivity contribution >= 4 is 11.9 Å². The maximum absolute atomic E-state index is 13.1. The van der Waals surface area contributed by atoms with E-state index in [1.807, 2.05) is 6.08 Å². The van der Waals surface area contributed by atoms with Crippen molar-refractivity contribution in [3.05, 3.63) is 72.9 Å². The van der Waals surface area contributed by atoms with Crippen LogP contribution < -0.4 is 5.32 Å². The van der Waals surface area contributed by atoms with Gasteiger partial charge in [-0.2, -0.15) is 0 Å². The van der Waals surface area contributed by atoms with Gasteiger partial charge in [0.2, 0.25) is 5.91 Å². The van der Waals surface area contributed by atoms with Crippen molar-refractivity contribution in [2.45, 2.75) is 410 Å². The summed E-state index contributed by atoms with van der Waals surface area (Å²) in [7, 11) is 0. The van der Waals surface area contributed by atoms with Crippen molar-refractivity contribution in [3.8, 4) is 0 Å². The van der Waals surface area contributed by atoms with Crippen molar-refractivity contribution in [2.75, 3.05) is 19.8 Å². The number of hydrogen-bond acceptors (Lipinski definition) is 10. The molecule has 7 unspecified atom stereocenters. The second-order valence-electron chi connectivity index (χ2n) is 27.0. The van der Waals surface area contributed by atoms with Crippen molar-refractivity contribution < 1.29 is 49.3 Å². The number of amides is 1. The van der Waals surface area contributed by atoms with Crippen LogP contribution in [0, 0.1) is 0 Å². The first-order chi connectivity index (χ1) is 45.2. The molecule has 7 atom stereocenters. The van der Waals surface area contributed by atoms with E-state index in [9.17, 15) is 35.1 Å². The first kappa shape index (κ1) is 87.1. The molecule has 0 saturated carbocycles. The average Bonchev–Trinajstić information content (AvgIpc) is 1.91. The maximum atomic E-state index is 13.1. The Hall–Kier alpha value is -2.90. The number of aliphatic hydroxyl groups excluding tert-OH is 5. The van der Waals surface area contributed by atoms with Crippen LogP contribution in [0.1, 0.15) is 367 Å². The van der Waals surface area contributed by atoms with E-state index in [1.54, 1.807) is 6.08 Å². The zero-order valence-corrected chi connectivity index (χ0v) is 59.8. The molecule has 6 N–H and O–H groups in total.